The van der Waals surface area contributed by atoms with Crippen LogP contribution in [0.3, 0.4) is 0 Å². The number of nitrogens with one attached hydrogen (secondary N) is 1. The van der Waals surface area contributed by atoms with E-state index in [1.807, 2.05) is 0 Å². The quantitative estimate of drug-likeness (QED) is 0.730. The molecule has 1 aliphatic carbocycles. The van der Waals surface area contributed by atoms with Crippen molar-refractivity contribution in [3.05, 3.63) is 63.7 Å². The summed E-state index contributed by atoms with van der Waals surface area (Å²) in [7, 11) is 1.70. The first-order chi connectivity index (χ1) is 13.8. The molecule has 1 N–H and O–H groups in total. The second kappa shape index (κ2) is 7.23. The lowest BCUT2D eigenvalue weighted by Crippen LogP contribution is -2.29. The Morgan fingerprint density at radius 3 is 2.90 bits per heavy atom. The number of carbonyl (C=O) groups is 1. The molecule has 9 heteroatoms. The van der Waals surface area contributed by atoms with Gasteiger partial charge in [0.25, 0.3) is 5.56 Å². The summed E-state index contributed by atoms with van der Waals surface area (Å²) >= 11 is 0. The number of hydrogen-bond acceptors (Lipinski definition) is 3. The minimum absolute atomic E-state index is 0.0103. The second-order valence-electron chi connectivity index (χ2n) is 6.85. The van der Waals surface area contributed by atoms with Gasteiger partial charge in [-0.2, -0.15) is 5.10 Å². The van der Waals surface area contributed by atoms with Gasteiger partial charge in [0.15, 0.2) is 0 Å². The number of alkyl halides is 1. The zero-order valence-corrected chi connectivity index (χ0v) is 15.5. The number of fused-ring (bicyclic) bond motifs is 3. The topological polar surface area (TPSA) is 68.9 Å². The molecular weight excluding hydrogens is 385 g/mol. The molecule has 1 aromatic carbocycles. The number of aryl methyl sites for hydroxylation is 1. The van der Waals surface area contributed by atoms with Gasteiger partial charge in [-0.05, 0) is 18.2 Å². The largest absolute Gasteiger partial charge is 0.324 e. The van der Waals surface area contributed by atoms with Crippen molar-refractivity contribution in [1.29, 1.82) is 0 Å². The first kappa shape index (κ1) is 19.0. The normalized spacial score (nSPS) is 15.5. The molecule has 2 heterocycles. The van der Waals surface area contributed by atoms with Gasteiger partial charge in [-0.1, -0.05) is 6.08 Å². The van der Waals surface area contributed by atoms with Crippen LogP contribution in [0.2, 0.25) is 0 Å². The fraction of sp³-hybridized carbons (Fsp3) is 0.250. The van der Waals surface area contributed by atoms with Gasteiger partial charge >= 0.3 is 0 Å². The fourth-order valence-corrected chi connectivity index (χ4v) is 3.57. The van der Waals surface area contributed by atoms with Crippen LogP contribution in [0, 0.1) is 11.6 Å². The standard InChI is InChI=1S/C20H17F3N4O2/c1-26-19-13-4-2-12(22)9-17(13)27(20(29)14(19)10-24-26)7-6-18(28)25-16-5-3-11(21)8-15(16)23/h2-5,8,10,12H,6-7,9H2,1H3,(H,25,28)/t12-/m0/s1. The maximum Gasteiger partial charge on any atom is 0.261 e. The van der Waals surface area contributed by atoms with Gasteiger partial charge in [-0.25, -0.2) is 13.2 Å². The molecule has 0 radical (unpaired) electrons. The van der Waals surface area contributed by atoms with Crippen LogP contribution in [0.4, 0.5) is 18.9 Å². The van der Waals surface area contributed by atoms with Crippen molar-refractivity contribution in [3.63, 3.8) is 0 Å². The summed E-state index contributed by atoms with van der Waals surface area (Å²) in [5.41, 5.74) is 1.28. The highest BCUT2D eigenvalue weighted by atomic mass is 19.1. The summed E-state index contributed by atoms with van der Waals surface area (Å²) in [5, 5.41) is 6.85. The van der Waals surface area contributed by atoms with Crippen LogP contribution in [0.25, 0.3) is 17.0 Å². The van der Waals surface area contributed by atoms with E-state index in [-0.39, 0.29) is 30.6 Å². The number of halogens is 3. The summed E-state index contributed by atoms with van der Waals surface area (Å²) < 4.78 is 43.6. The van der Waals surface area contributed by atoms with E-state index in [4.69, 9.17) is 0 Å². The Labute approximate surface area is 163 Å². The molecule has 150 valence electrons. The number of benzene rings is 1. The van der Waals surface area contributed by atoms with Crippen LogP contribution in [0.5, 0.6) is 0 Å². The van der Waals surface area contributed by atoms with Gasteiger partial charge in [-0.15, -0.1) is 0 Å². The lowest BCUT2D eigenvalue weighted by molar-refractivity contribution is -0.116. The first-order valence-electron chi connectivity index (χ1n) is 8.99. The molecule has 1 aliphatic rings. The van der Waals surface area contributed by atoms with E-state index >= 15 is 0 Å². The van der Waals surface area contributed by atoms with Crippen molar-refractivity contribution in [2.45, 2.75) is 25.6 Å². The number of anilines is 1. The monoisotopic (exact) mass is 402 g/mol. The van der Waals surface area contributed by atoms with Crippen molar-refractivity contribution < 1.29 is 18.0 Å². The summed E-state index contributed by atoms with van der Waals surface area (Å²) in [4.78, 5) is 25.2. The van der Waals surface area contributed by atoms with Gasteiger partial charge in [0.05, 0.1) is 22.8 Å². The molecule has 0 bridgehead atoms. The molecule has 6 nitrogen and oxygen atoms in total. The molecular formula is C20H17F3N4O2. The van der Waals surface area contributed by atoms with Crippen LogP contribution in [-0.4, -0.2) is 26.4 Å². The van der Waals surface area contributed by atoms with E-state index in [0.717, 1.165) is 12.1 Å². The average molecular weight is 402 g/mol. The van der Waals surface area contributed by atoms with Gasteiger partial charge in [0, 0.05) is 43.8 Å². The van der Waals surface area contributed by atoms with Gasteiger partial charge in [0.2, 0.25) is 5.91 Å². The molecule has 3 aromatic rings. The van der Waals surface area contributed by atoms with Crippen LogP contribution in [0.15, 0.2) is 35.3 Å². The Balaban J connectivity index is 1.64. The van der Waals surface area contributed by atoms with Crippen LogP contribution in [0.1, 0.15) is 17.7 Å². The molecule has 1 atom stereocenters. The van der Waals surface area contributed by atoms with Gasteiger partial charge in [0.1, 0.15) is 17.8 Å². The van der Waals surface area contributed by atoms with Crippen molar-refractivity contribution in [1.82, 2.24) is 14.3 Å². The molecule has 0 fully saturated rings. The smallest absolute Gasteiger partial charge is 0.261 e. The number of pyridine rings is 1. The van der Waals surface area contributed by atoms with E-state index in [0.29, 0.717) is 28.2 Å². The lowest BCUT2D eigenvalue weighted by Gasteiger charge is -2.21. The summed E-state index contributed by atoms with van der Waals surface area (Å²) in [6.07, 6.45) is 3.12. The predicted octanol–water partition coefficient (Wildman–Crippen LogP) is 2.95. The minimum atomic E-state index is -1.24. The highest BCUT2D eigenvalue weighted by Crippen LogP contribution is 2.27. The third-order valence-corrected chi connectivity index (χ3v) is 4.93. The van der Waals surface area contributed by atoms with E-state index in [9.17, 15) is 22.8 Å². The van der Waals surface area contributed by atoms with Crippen molar-refractivity contribution in [2.75, 3.05) is 5.32 Å². The maximum absolute atomic E-state index is 14.0. The Kier molecular flexibility index (Phi) is 4.73. The predicted molar refractivity (Wildman–Crippen MR) is 102 cm³/mol. The first-order valence-corrected chi connectivity index (χ1v) is 8.99. The van der Waals surface area contributed by atoms with E-state index < -0.39 is 23.7 Å². The Hall–Kier alpha value is -3.36. The van der Waals surface area contributed by atoms with E-state index in [1.165, 1.54) is 16.8 Å². The summed E-state index contributed by atoms with van der Waals surface area (Å²) in [6.45, 7) is -0.0127. The molecule has 2 aromatic heterocycles. The highest BCUT2D eigenvalue weighted by molar-refractivity contribution is 5.91. The minimum Gasteiger partial charge on any atom is -0.324 e. The van der Waals surface area contributed by atoms with E-state index in [1.54, 1.807) is 17.8 Å². The third kappa shape index (κ3) is 3.43. The Morgan fingerprint density at radius 2 is 2.14 bits per heavy atom. The van der Waals surface area contributed by atoms with Gasteiger partial charge < -0.3 is 9.88 Å². The zero-order chi connectivity index (χ0) is 20.7. The average Bonchev–Trinajstić information content (AvgIpc) is 3.06. The van der Waals surface area contributed by atoms with Crippen LogP contribution >= 0.6 is 0 Å². The lowest BCUT2D eigenvalue weighted by atomic mass is 9.99. The van der Waals surface area contributed by atoms with E-state index in [2.05, 4.69) is 10.4 Å². The fourth-order valence-electron chi connectivity index (χ4n) is 3.57. The maximum atomic E-state index is 14.0. The SMILES string of the molecule is Cn1ncc2c(=O)n(CCC(=O)Nc3ccc(F)cc3F)c3c(c21)C=C[C@H](F)C3. The molecule has 29 heavy (non-hydrogen) atoms. The van der Waals surface area contributed by atoms with Crippen LogP contribution < -0.4 is 10.9 Å². The number of carbonyl (C=O) groups excluding carboxylic acids is 1. The molecule has 0 saturated carbocycles. The number of hydrogen-bond donors (Lipinski definition) is 1. The molecule has 0 aliphatic heterocycles. The number of allylic oxidation sites excluding steroid dienone is 1. The van der Waals surface area contributed by atoms with Crippen LogP contribution in [-0.2, 0) is 24.8 Å². The molecule has 1 amide bonds. The third-order valence-electron chi connectivity index (χ3n) is 4.93. The highest BCUT2D eigenvalue weighted by Gasteiger charge is 2.23. The number of rotatable bonds is 4. The summed E-state index contributed by atoms with van der Waals surface area (Å²) in [6, 6.07) is 2.82. The second-order valence-corrected chi connectivity index (χ2v) is 6.85. The molecule has 4 rings (SSSR count). The molecule has 0 spiro atoms. The molecule has 0 unspecified atom stereocenters. The number of amides is 1. The zero-order valence-electron chi connectivity index (χ0n) is 15.5. The van der Waals surface area contributed by atoms with Crippen molar-refractivity contribution >= 4 is 28.6 Å². The van der Waals surface area contributed by atoms with Crippen molar-refractivity contribution in [2.24, 2.45) is 7.05 Å². The number of nitrogens with zero attached hydrogens (tertiary/aromatic N) is 3. The summed E-state index contributed by atoms with van der Waals surface area (Å²) in [5.74, 6) is -2.20. The Morgan fingerprint density at radius 1 is 1.34 bits per heavy atom. The van der Waals surface area contributed by atoms with Gasteiger partial charge in [-0.3, -0.25) is 14.3 Å². The Bertz CT molecular complexity index is 1210. The number of aromatic nitrogens is 3. The van der Waals surface area contributed by atoms with Crippen molar-refractivity contribution in [3.8, 4) is 0 Å². The molecule has 0 saturated heterocycles.